The van der Waals surface area contributed by atoms with Gasteiger partial charge in [0.15, 0.2) is 5.78 Å². The first-order valence-electron chi connectivity index (χ1n) is 6.56. The maximum absolute atomic E-state index is 12.5. The van der Waals surface area contributed by atoms with Crippen molar-refractivity contribution in [1.29, 1.82) is 0 Å². The molecule has 0 radical (unpaired) electrons. The van der Waals surface area contributed by atoms with E-state index in [1.165, 1.54) is 5.56 Å². The lowest BCUT2D eigenvalue weighted by Crippen LogP contribution is -2.03. The first-order valence-corrected chi connectivity index (χ1v) is 7.73. The summed E-state index contributed by atoms with van der Waals surface area (Å²) < 4.78 is 0.739. The molecule has 3 heteroatoms. The molecule has 0 amide bonds. The summed E-state index contributed by atoms with van der Waals surface area (Å²) in [6, 6.07) is 13.1. The van der Waals surface area contributed by atoms with Crippen molar-refractivity contribution in [2.45, 2.75) is 20.3 Å². The Hall–Kier alpha value is -1.12. The lowest BCUT2D eigenvalue weighted by atomic mass is 9.97. The van der Waals surface area contributed by atoms with Crippen LogP contribution in [0.4, 0.5) is 0 Å². The summed E-state index contributed by atoms with van der Waals surface area (Å²) in [6.07, 6.45) is 0.978. The van der Waals surface area contributed by atoms with Crippen LogP contribution in [-0.2, 0) is 6.42 Å². The third-order valence-electron chi connectivity index (χ3n) is 3.01. The molecule has 2 aromatic carbocycles. The van der Waals surface area contributed by atoms with Crippen LogP contribution < -0.4 is 0 Å². The van der Waals surface area contributed by atoms with Gasteiger partial charge < -0.3 is 0 Å². The number of carbonyl (C=O) groups is 1. The molecule has 0 aliphatic carbocycles. The summed E-state index contributed by atoms with van der Waals surface area (Å²) in [6.45, 7) is 4.34. The van der Waals surface area contributed by atoms with Crippen molar-refractivity contribution in [2.75, 3.05) is 0 Å². The molecule has 0 saturated carbocycles. The van der Waals surface area contributed by atoms with E-state index < -0.39 is 0 Å². The van der Waals surface area contributed by atoms with Gasteiger partial charge in [-0.1, -0.05) is 43.6 Å². The molecule has 1 nitrogen and oxygen atoms in total. The van der Waals surface area contributed by atoms with Crippen LogP contribution in [0.25, 0.3) is 0 Å². The summed E-state index contributed by atoms with van der Waals surface area (Å²) in [7, 11) is 0. The summed E-state index contributed by atoms with van der Waals surface area (Å²) in [5.41, 5.74) is 2.55. The summed E-state index contributed by atoms with van der Waals surface area (Å²) in [5, 5.41) is 0.607. The molecular weight excluding hydrogens is 336 g/mol. The molecule has 0 fully saturated rings. The lowest BCUT2D eigenvalue weighted by molar-refractivity contribution is 0.103. The largest absolute Gasteiger partial charge is 0.289 e. The van der Waals surface area contributed by atoms with E-state index in [1.54, 1.807) is 18.2 Å². The van der Waals surface area contributed by atoms with Crippen molar-refractivity contribution < 1.29 is 4.79 Å². The molecular formula is C17H16BrClO. The predicted octanol–water partition coefficient (Wildman–Crippen LogP) is 5.53. The minimum atomic E-state index is 0.0213. The zero-order valence-electron chi connectivity index (χ0n) is 11.5. The number of hydrogen-bond donors (Lipinski definition) is 0. The SMILES string of the molecule is CC(C)Cc1cccc(C(=O)c2ccc(Cl)c(Br)c2)c1. The van der Waals surface area contributed by atoms with E-state index in [9.17, 15) is 4.79 Å². The van der Waals surface area contributed by atoms with Crippen LogP contribution in [0.2, 0.25) is 5.02 Å². The average molecular weight is 352 g/mol. The molecule has 0 aliphatic rings. The van der Waals surface area contributed by atoms with Crippen LogP contribution in [0.15, 0.2) is 46.9 Å². The highest BCUT2D eigenvalue weighted by Gasteiger charge is 2.11. The van der Waals surface area contributed by atoms with Gasteiger partial charge in [-0.3, -0.25) is 4.79 Å². The number of carbonyl (C=O) groups excluding carboxylic acids is 1. The fourth-order valence-corrected chi connectivity index (χ4v) is 2.61. The standard InChI is InChI=1S/C17H16BrClO/c1-11(2)8-12-4-3-5-13(9-12)17(20)14-6-7-16(19)15(18)10-14/h3-7,9-11H,8H2,1-2H3. The molecule has 104 valence electrons. The Bertz CT molecular complexity index is 635. The van der Waals surface area contributed by atoms with E-state index in [4.69, 9.17) is 11.6 Å². The Labute approximate surface area is 133 Å². The molecule has 0 aromatic heterocycles. The van der Waals surface area contributed by atoms with Gasteiger partial charge in [0, 0.05) is 15.6 Å². The normalized spacial score (nSPS) is 10.8. The second-order valence-electron chi connectivity index (χ2n) is 5.26. The number of rotatable bonds is 4. The smallest absolute Gasteiger partial charge is 0.193 e. The molecule has 0 saturated heterocycles. The second-order valence-corrected chi connectivity index (χ2v) is 6.52. The van der Waals surface area contributed by atoms with Crippen molar-refractivity contribution >= 4 is 33.3 Å². The van der Waals surface area contributed by atoms with E-state index in [2.05, 4.69) is 35.8 Å². The summed E-state index contributed by atoms with van der Waals surface area (Å²) >= 11 is 9.31. The Kier molecular flexibility index (Phi) is 5.00. The molecule has 0 atom stereocenters. The van der Waals surface area contributed by atoms with E-state index in [-0.39, 0.29) is 5.78 Å². The van der Waals surface area contributed by atoms with Crippen LogP contribution >= 0.6 is 27.5 Å². The molecule has 0 bridgehead atoms. The first-order chi connectivity index (χ1) is 9.47. The number of benzene rings is 2. The van der Waals surface area contributed by atoms with Crippen LogP contribution in [-0.4, -0.2) is 5.78 Å². The highest BCUT2D eigenvalue weighted by molar-refractivity contribution is 9.10. The molecule has 2 rings (SSSR count). The Balaban J connectivity index is 2.30. The van der Waals surface area contributed by atoms with Crippen LogP contribution in [0.5, 0.6) is 0 Å². The highest BCUT2D eigenvalue weighted by atomic mass is 79.9. The van der Waals surface area contributed by atoms with Crippen molar-refractivity contribution in [3.05, 3.63) is 68.7 Å². The monoisotopic (exact) mass is 350 g/mol. The molecule has 20 heavy (non-hydrogen) atoms. The van der Waals surface area contributed by atoms with Gasteiger partial charge in [0.1, 0.15) is 0 Å². The van der Waals surface area contributed by atoms with E-state index in [1.807, 2.05) is 18.2 Å². The summed E-state index contributed by atoms with van der Waals surface area (Å²) in [5.74, 6) is 0.595. The molecule has 0 unspecified atom stereocenters. The third kappa shape index (κ3) is 3.71. The van der Waals surface area contributed by atoms with Crippen molar-refractivity contribution in [3.8, 4) is 0 Å². The van der Waals surface area contributed by atoms with Crippen molar-refractivity contribution in [3.63, 3.8) is 0 Å². The van der Waals surface area contributed by atoms with E-state index >= 15 is 0 Å². The Morgan fingerprint density at radius 1 is 1.15 bits per heavy atom. The minimum absolute atomic E-state index is 0.0213. The predicted molar refractivity (Wildman–Crippen MR) is 87.6 cm³/mol. The van der Waals surface area contributed by atoms with Gasteiger partial charge in [-0.2, -0.15) is 0 Å². The number of ketones is 1. The van der Waals surface area contributed by atoms with Crippen molar-refractivity contribution in [1.82, 2.24) is 0 Å². The molecule has 0 aliphatic heterocycles. The van der Waals surface area contributed by atoms with Gasteiger partial charge >= 0.3 is 0 Å². The lowest BCUT2D eigenvalue weighted by Gasteiger charge is -2.08. The third-order valence-corrected chi connectivity index (χ3v) is 4.23. The zero-order valence-corrected chi connectivity index (χ0v) is 13.8. The summed E-state index contributed by atoms with van der Waals surface area (Å²) in [4.78, 5) is 12.5. The van der Waals surface area contributed by atoms with Gasteiger partial charge in [0.25, 0.3) is 0 Å². The van der Waals surface area contributed by atoms with Crippen LogP contribution in [0.1, 0.15) is 35.3 Å². The first kappa shape index (κ1) is 15.3. The molecule has 0 heterocycles. The van der Waals surface area contributed by atoms with Gasteiger partial charge in [0.2, 0.25) is 0 Å². The Morgan fingerprint density at radius 2 is 1.85 bits per heavy atom. The Morgan fingerprint density at radius 3 is 2.50 bits per heavy atom. The topological polar surface area (TPSA) is 17.1 Å². The number of hydrogen-bond acceptors (Lipinski definition) is 1. The maximum Gasteiger partial charge on any atom is 0.193 e. The fourth-order valence-electron chi connectivity index (χ4n) is 2.11. The zero-order chi connectivity index (χ0) is 14.7. The second kappa shape index (κ2) is 6.55. The molecule has 0 N–H and O–H groups in total. The van der Waals surface area contributed by atoms with Crippen LogP contribution in [0, 0.1) is 5.92 Å². The van der Waals surface area contributed by atoms with E-state index in [0.717, 1.165) is 16.5 Å². The quantitative estimate of drug-likeness (QED) is 0.662. The fraction of sp³-hybridized carbons (Fsp3) is 0.235. The van der Waals surface area contributed by atoms with E-state index in [0.29, 0.717) is 16.5 Å². The van der Waals surface area contributed by atoms with Gasteiger partial charge in [-0.25, -0.2) is 0 Å². The van der Waals surface area contributed by atoms with Gasteiger partial charge in [-0.05, 0) is 58.1 Å². The molecule has 0 spiro atoms. The van der Waals surface area contributed by atoms with Crippen molar-refractivity contribution in [2.24, 2.45) is 5.92 Å². The number of halogens is 2. The minimum Gasteiger partial charge on any atom is -0.289 e. The van der Waals surface area contributed by atoms with Gasteiger partial charge in [0.05, 0.1) is 5.02 Å². The van der Waals surface area contributed by atoms with Gasteiger partial charge in [-0.15, -0.1) is 0 Å². The maximum atomic E-state index is 12.5. The van der Waals surface area contributed by atoms with Crippen LogP contribution in [0.3, 0.4) is 0 Å². The average Bonchev–Trinajstić information content (AvgIpc) is 2.40. The highest BCUT2D eigenvalue weighted by Crippen LogP contribution is 2.24. The molecule has 2 aromatic rings.